The highest BCUT2D eigenvalue weighted by Gasteiger charge is 2.23. The van der Waals surface area contributed by atoms with Gasteiger partial charge in [0.05, 0.1) is 19.3 Å². The van der Waals surface area contributed by atoms with Crippen LogP contribution >= 0.6 is 0 Å². The van der Waals surface area contributed by atoms with E-state index in [0.29, 0.717) is 19.1 Å². The Morgan fingerprint density at radius 1 is 1.67 bits per heavy atom. The third-order valence-corrected chi connectivity index (χ3v) is 2.16. The molecule has 1 saturated heterocycles. The van der Waals surface area contributed by atoms with Crippen LogP contribution in [0.5, 0.6) is 0 Å². The maximum Gasteiger partial charge on any atom is 0.117 e. The first kappa shape index (κ1) is 9.89. The van der Waals surface area contributed by atoms with Crippen molar-refractivity contribution >= 4 is 0 Å². The van der Waals surface area contributed by atoms with E-state index in [0.717, 1.165) is 6.61 Å². The van der Waals surface area contributed by atoms with Crippen molar-refractivity contribution < 1.29 is 14.2 Å². The predicted octanol–water partition coefficient (Wildman–Crippen LogP) is -0.0587. The van der Waals surface area contributed by atoms with Crippen LogP contribution in [0.4, 0.5) is 4.39 Å². The lowest BCUT2D eigenvalue weighted by molar-refractivity contribution is 0.130. The minimum absolute atomic E-state index is 0.270. The van der Waals surface area contributed by atoms with Gasteiger partial charge >= 0.3 is 0 Å². The first-order valence-corrected chi connectivity index (χ1v) is 4.29. The maximum atomic E-state index is 11.8. The molecule has 0 aromatic rings. The second-order valence-electron chi connectivity index (χ2n) is 3.34. The van der Waals surface area contributed by atoms with E-state index in [9.17, 15) is 4.39 Å². The van der Waals surface area contributed by atoms with Gasteiger partial charge in [-0.15, -0.1) is 0 Å². The Bertz CT molecular complexity index is 134. The van der Waals surface area contributed by atoms with Gasteiger partial charge in [0.2, 0.25) is 0 Å². The molecular weight excluding hydrogens is 161 g/mol. The zero-order chi connectivity index (χ0) is 8.97. The summed E-state index contributed by atoms with van der Waals surface area (Å²) in [7, 11) is 0. The minimum atomic E-state index is -0.877. The summed E-state index contributed by atoms with van der Waals surface area (Å²) in [6, 6.07) is 0.270. The molecule has 2 N–H and O–H groups in total. The van der Waals surface area contributed by atoms with E-state index in [-0.39, 0.29) is 6.04 Å². The molecule has 1 fully saturated rings. The normalized spacial score (nSPS) is 32.2. The number of aliphatic hydroxyl groups excluding tert-OH is 1. The lowest BCUT2D eigenvalue weighted by Crippen LogP contribution is -2.39. The summed E-state index contributed by atoms with van der Waals surface area (Å²) in [4.78, 5) is 0. The van der Waals surface area contributed by atoms with Gasteiger partial charge < -0.3 is 15.2 Å². The lowest BCUT2D eigenvalue weighted by Gasteiger charge is -2.16. The number of halogens is 1. The van der Waals surface area contributed by atoms with Crippen molar-refractivity contribution in [1.29, 1.82) is 0 Å². The molecule has 1 heterocycles. The van der Waals surface area contributed by atoms with Gasteiger partial charge in [-0.2, -0.15) is 0 Å². The van der Waals surface area contributed by atoms with Crippen LogP contribution in [0.1, 0.15) is 6.92 Å². The first-order valence-electron chi connectivity index (χ1n) is 4.29. The molecular formula is C8H16FNO2. The van der Waals surface area contributed by atoms with Crippen LogP contribution in [0.2, 0.25) is 0 Å². The molecule has 0 aromatic heterocycles. The van der Waals surface area contributed by atoms with Gasteiger partial charge in [0.1, 0.15) is 6.67 Å². The topological polar surface area (TPSA) is 41.5 Å². The van der Waals surface area contributed by atoms with Crippen LogP contribution in [0, 0.1) is 5.92 Å². The number of alkyl halides is 1. The average Bonchev–Trinajstić information content (AvgIpc) is 2.47. The van der Waals surface area contributed by atoms with Crippen LogP contribution in [0.15, 0.2) is 0 Å². The SMILES string of the molecule is CC1COCC1NCC(O)CF. The van der Waals surface area contributed by atoms with Crippen molar-refractivity contribution in [2.24, 2.45) is 5.92 Å². The van der Waals surface area contributed by atoms with Gasteiger partial charge in [0, 0.05) is 12.6 Å². The third-order valence-electron chi connectivity index (χ3n) is 2.16. The second kappa shape index (κ2) is 4.74. The van der Waals surface area contributed by atoms with E-state index < -0.39 is 12.8 Å². The fourth-order valence-electron chi connectivity index (χ4n) is 1.26. The zero-order valence-electron chi connectivity index (χ0n) is 7.29. The molecule has 0 saturated carbocycles. The molecule has 1 aliphatic rings. The van der Waals surface area contributed by atoms with Gasteiger partial charge in [0.15, 0.2) is 0 Å². The molecule has 4 heteroatoms. The van der Waals surface area contributed by atoms with Crippen molar-refractivity contribution in [2.45, 2.75) is 19.1 Å². The van der Waals surface area contributed by atoms with Gasteiger partial charge in [-0.25, -0.2) is 4.39 Å². The molecule has 0 aliphatic carbocycles. The largest absolute Gasteiger partial charge is 0.389 e. The van der Waals surface area contributed by atoms with E-state index in [1.54, 1.807) is 0 Å². The van der Waals surface area contributed by atoms with Crippen molar-refractivity contribution in [3.63, 3.8) is 0 Å². The Morgan fingerprint density at radius 3 is 2.92 bits per heavy atom. The summed E-state index contributed by atoms with van der Waals surface area (Å²) in [5, 5.41) is 12.0. The fraction of sp³-hybridized carbons (Fsp3) is 1.00. The minimum Gasteiger partial charge on any atom is -0.389 e. The van der Waals surface area contributed by atoms with Crippen molar-refractivity contribution in [3.8, 4) is 0 Å². The Hall–Kier alpha value is -0.190. The highest BCUT2D eigenvalue weighted by molar-refractivity contribution is 4.78. The Labute approximate surface area is 71.9 Å². The number of hydrogen-bond acceptors (Lipinski definition) is 3. The van der Waals surface area contributed by atoms with Gasteiger partial charge in [0.25, 0.3) is 0 Å². The molecule has 1 rings (SSSR count). The van der Waals surface area contributed by atoms with Gasteiger partial charge in [-0.1, -0.05) is 6.92 Å². The summed E-state index contributed by atoms with van der Waals surface area (Å²) < 4.78 is 17.0. The highest BCUT2D eigenvalue weighted by atomic mass is 19.1. The van der Waals surface area contributed by atoms with Gasteiger partial charge in [-0.3, -0.25) is 0 Å². The first-order chi connectivity index (χ1) is 5.74. The van der Waals surface area contributed by atoms with Crippen LogP contribution in [0.3, 0.4) is 0 Å². The van der Waals surface area contributed by atoms with Crippen LogP contribution in [0.25, 0.3) is 0 Å². The summed E-state index contributed by atoms with van der Waals surface area (Å²) in [5.41, 5.74) is 0. The smallest absolute Gasteiger partial charge is 0.117 e. The molecule has 0 amide bonds. The standard InChI is InChI=1S/C8H16FNO2/c1-6-4-12-5-8(6)10-3-7(11)2-9/h6-8,10-11H,2-5H2,1H3. The number of ether oxygens (including phenoxy) is 1. The number of hydrogen-bond donors (Lipinski definition) is 2. The molecule has 0 spiro atoms. The molecule has 3 unspecified atom stereocenters. The number of nitrogens with one attached hydrogen (secondary N) is 1. The van der Waals surface area contributed by atoms with E-state index in [4.69, 9.17) is 9.84 Å². The third kappa shape index (κ3) is 2.69. The fourth-order valence-corrected chi connectivity index (χ4v) is 1.26. The van der Waals surface area contributed by atoms with Crippen molar-refractivity contribution in [3.05, 3.63) is 0 Å². The second-order valence-corrected chi connectivity index (χ2v) is 3.34. The highest BCUT2D eigenvalue weighted by Crippen LogP contribution is 2.11. The van der Waals surface area contributed by atoms with E-state index in [1.807, 2.05) is 0 Å². The Morgan fingerprint density at radius 2 is 2.42 bits per heavy atom. The number of rotatable bonds is 4. The van der Waals surface area contributed by atoms with Crippen LogP contribution in [-0.4, -0.2) is 43.7 Å². The molecule has 12 heavy (non-hydrogen) atoms. The average molecular weight is 177 g/mol. The summed E-state index contributed by atoms with van der Waals surface area (Å²) in [6.07, 6.45) is -0.877. The van der Waals surface area contributed by atoms with Crippen molar-refractivity contribution in [2.75, 3.05) is 26.4 Å². The van der Waals surface area contributed by atoms with Crippen LogP contribution in [-0.2, 0) is 4.74 Å². The summed E-state index contributed by atoms with van der Waals surface area (Å²) in [6.45, 7) is 3.12. The van der Waals surface area contributed by atoms with Crippen LogP contribution < -0.4 is 5.32 Å². The summed E-state index contributed by atoms with van der Waals surface area (Å²) >= 11 is 0. The van der Waals surface area contributed by atoms with E-state index in [2.05, 4.69) is 12.2 Å². The monoisotopic (exact) mass is 177 g/mol. The quantitative estimate of drug-likeness (QED) is 0.632. The molecule has 0 radical (unpaired) electrons. The molecule has 3 atom stereocenters. The number of aliphatic hydroxyl groups is 1. The lowest BCUT2D eigenvalue weighted by atomic mass is 10.1. The van der Waals surface area contributed by atoms with Crippen molar-refractivity contribution in [1.82, 2.24) is 5.32 Å². The molecule has 3 nitrogen and oxygen atoms in total. The van der Waals surface area contributed by atoms with E-state index >= 15 is 0 Å². The van der Waals surface area contributed by atoms with Gasteiger partial charge in [-0.05, 0) is 5.92 Å². The predicted molar refractivity (Wildman–Crippen MR) is 43.8 cm³/mol. The Kier molecular flexibility index (Phi) is 3.91. The maximum absolute atomic E-state index is 11.8. The molecule has 72 valence electrons. The summed E-state index contributed by atoms with van der Waals surface area (Å²) in [5.74, 6) is 0.455. The zero-order valence-corrected chi connectivity index (χ0v) is 7.29. The van der Waals surface area contributed by atoms with E-state index in [1.165, 1.54) is 0 Å². The molecule has 0 bridgehead atoms. The molecule has 0 aromatic carbocycles. The Balaban J connectivity index is 2.13. The molecule has 1 aliphatic heterocycles.